The molecule has 0 saturated heterocycles. The third-order valence-electron chi connectivity index (χ3n) is 5.84. The van der Waals surface area contributed by atoms with Gasteiger partial charge in [0.15, 0.2) is 11.1 Å². The highest BCUT2D eigenvalue weighted by molar-refractivity contribution is 7.89. The van der Waals surface area contributed by atoms with Gasteiger partial charge in [-0.05, 0) is 25.3 Å². The van der Waals surface area contributed by atoms with Crippen LogP contribution in [0.25, 0.3) is 10.4 Å². The van der Waals surface area contributed by atoms with E-state index in [1.807, 2.05) is 5.32 Å². The number of aromatic nitrogens is 1. The second-order valence-electron chi connectivity index (χ2n) is 8.69. The Morgan fingerprint density at radius 2 is 1.79 bits per heavy atom. The van der Waals surface area contributed by atoms with Crippen molar-refractivity contribution >= 4 is 50.5 Å². The minimum Gasteiger partial charge on any atom is -0.382 e. The summed E-state index contributed by atoms with van der Waals surface area (Å²) < 4.78 is 103. The Bertz CT molecular complexity index is 1300. The number of rotatable bonds is 9. The molecule has 1 fully saturated rings. The number of aliphatic hydroxyl groups excluding tert-OH is 1. The van der Waals surface area contributed by atoms with Crippen molar-refractivity contribution in [3.8, 4) is 10.4 Å². The number of sulfonamides is 1. The first-order valence-electron chi connectivity index (χ1n) is 11.0. The summed E-state index contributed by atoms with van der Waals surface area (Å²) in [4.78, 5) is 16.3. The van der Waals surface area contributed by atoms with Crippen LogP contribution in [0.4, 0.5) is 26.3 Å². The quantitative estimate of drug-likeness (QED) is 0.325. The van der Waals surface area contributed by atoms with Crippen LogP contribution in [0.5, 0.6) is 0 Å². The maximum Gasteiger partial charge on any atom is 0.416 e. The first-order valence-corrected chi connectivity index (χ1v) is 14.1. The van der Waals surface area contributed by atoms with E-state index in [0.29, 0.717) is 23.9 Å². The molecule has 1 aliphatic rings. The Balaban J connectivity index is 1.96. The highest BCUT2D eigenvalue weighted by Crippen LogP contribution is 2.43. The van der Waals surface area contributed by atoms with Crippen molar-refractivity contribution in [2.24, 2.45) is 5.92 Å². The maximum atomic E-state index is 12.9. The number of halogens is 8. The van der Waals surface area contributed by atoms with Gasteiger partial charge in [-0.2, -0.15) is 31.1 Å². The molecule has 1 aliphatic carbocycles. The molecule has 2 atom stereocenters. The van der Waals surface area contributed by atoms with Crippen LogP contribution in [-0.2, 0) is 16.4 Å². The van der Waals surface area contributed by atoms with Gasteiger partial charge in [-0.25, -0.2) is 13.4 Å². The summed E-state index contributed by atoms with van der Waals surface area (Å²) in [6.07, 6.45) is -9.43. The van der Waals surface area contributed by atoms with Crippen molar-refractivity contribution in [2.45, 2.75) is 62.0 Å². The maximum absolute atomic E-state index is 12.9. The molecule has 1 saturated carbocycles. The number of amides is 1. The fraction of sp³-hybridized carbons (Fsp3) is 0.524. The molecule has 3 rings (SSSR count). The van der Waals surface area contributed by atoms with E-state index in [1.54, 1.807) is 0 Å². The Morgan fingerprint density at radius 1 is 1.16 bits per heavy atom. The molecule has 17 heteroatoms. The average molecular weight is 628 g/mol. The summed E-state index contributed by atoms with van der Waals surface area (Å²) in [6.45, 7) is -0.483. The molecular formula is C21H21Cl2F6N3O4S2. The van der Waals surface area contributed by atoms with Crippen LogP contribution >= 0.6 is 34.5 Å². The lowest BCUT2D eigenvalue weighted by molar-refractivity contribution is -0.201. The molecule has 7 nitrogen and oxygen atoms in total. The van der Waals surface area contributed by atoms with Crippen molar-refractivity contribution in [3.05, 3.63) is 32.9 Å². The lowest BCUT2D eigenvalue weighted by Gasteiger charge is -2.24. The van der Waals surface area contributed by atoms with Gasteiger partial charge in [0.2, 0.25) is 10.0 Å². The van der Waals surface area contributed by atoms with Crippen LogP contribution in [0.2, 0.25) is 10.0 Å². The molecule has 0 aliphatic heterocycles. The van der Waals surface area contributed by atoms with Crippen LogP contribution in [-0.4, -0.2) is 55.5 Å². The SMILES string of the molecule is CC(NS(=O)(=O)c1ccc(-c2sc(C(=O)NCC(O)C(F)(F)F)nc2CC2CCC2)c(Cl)c1Cl)C(F)(F)F. The number of nitrogens with one attached hydrogen (secondary N) is 2. The minimum atomic E-state index is -4.93. The van der Waals surface area contributed by atoms with Crippen molar-refractivity contribution < 1.29 is 44.7 Å². The van der Waals surface area contributed by atoms with Gasteiger partial charge in [0.05, 0.1) is 27.2 Å². The Labute approximate surface area is 227 Å². The smallest absolute Gasteiger partial charge is 0.382 e. The van der Waals surface area contributed by atoms with Gasteiger partial charge < -0.3 is 10.4 Å². The first-order chi connectivity index (χ1) is 17.4. The number of carbonyl (C=O) groups is 1. The van der Waals surface area contributed by atoms with Crippen LogP contribution < -0.4 is 10.0 Å². The standard InChI is InChI=1S/C21H21Cl2F6N3O4S2/c1-9(20(24,25)26)32-38(35,36)13-6-5-11(15(22)16(13)23)17-12(7-10-3-2-4-10)31-19(37-17)18(34)30-8-14(33)21(27,28)29/h5-6,9-10,14,32-33H,2-4,7-8H2,1H3,(H,30,34). The van der Waals surface area contributed by atoms with E-state index in [9.17, 15) is 39.6 Å². The zero-order valence-corrected chi connectivity index (χ0v) is 22.5. The number of benzene rings is 1. The number of hydrogen-bond donors (Lipinski definition) is 3. The molecule has 1 amide bonds. The van der Waals surface area contributed by atoms with Gasteiger partial charge in [0.1, 0.15) is 10.9 Å². The van der Waals surface area contributed by atoms with E-state index in [0.717, 1.165) is 36.7 Å². The normalized spacial score (nSPS) is 16.7. The van der Waals surface area contributed by atoms with Crippen molar-refractivity contribution in [1.29, 1.82) is 0 Å². The molecule has 38 heavy (non-hydrogen) atoms. The van der Waals surface area contributed by atoms with E-state index in [4.69, 9.17) is 28.3 Å². The van der Waals surface area contributed by atoms with Gasteiger partial charge in [-0.3, -0.25) is 4.79 Å². The summed E-state index contributed by atoms with van der Waals surface area (Å²) in [7, 11) is -4.73. The predicted molar refractivity (Wildman–Crippen MR) is 129 cm³/mol. The number of carbonyl (C=O) groups excluding carboxylic acids is 1. The monoisotopic (exact) mass is 627 g/mol. The van der Waals surface area contributed by atoms with Crippen molar-refractivity contribution in [3.63, 3.8) is 0 Å². The molecule has 2 unspecified atom stereocenters. The molecule has 1 heterocycles. The molecule has 1 aromatic carbocycles. The van der Waals surface area contributed by atoms with Crippen molar-refractivity contribution in [2.75, 3.05) is 6.54 Å². The molecule has 212 valence electrons. The highest BCUT2D eigenvalue weighted by Gasteiger charge is 2.40. The zero-order chi connectivity index (χ0) is 28.6. The third-order valence-corrected chi connectivity index (χ3v) is 9.54. The van der Waals surface area contributed by atoms with Crippen LogP contribution in [0, 0.1) is 5.92 Å². The number of hydrogen-bond acceptors (Lipinski definition) is 6. The van der Waals surface area contributed by atoms with E-state index < -0.39 is 56.9 Å². The van der Waals surface area contributed by atoms with E-state index in [2.05, 4.69) is 4.98 Å². The highest BCUT2D eigenvalue weighted by atomic mass is 35.5. The Hall–Kier alpha value is -1.65. The van der Waals surface area contributed by atoms with Gasteiger partial charge >= 0.3 is 12.4 Å². The number of alkyl halides is 6. The average Bonchev–Trinajstić information content (AvgIpc) is 3.18. The molecule has 1 aromatic heterocycles. The van der Waals surface area contributed by atoms with Gasteiger partial charge in [-0.15, -0.1) is 11.3 Å². The third kappa shape index (κ3) is 7.10. The van der Waals surface area contributed by atoms with E-state index in [-0.39, 0.29) is 21.5 Å². The predicted octanol–water partition coefficient (Wildman–Crippen LogP) is 5.34. The lowest BCUT2D eigenvalue weighted by atomic mass is 9.82. The summed E-state index contributed by atoms with van der Waals surface area (Å²) in [6, 6.07) is -0.246. The molecule has 0 spiro atoms. The van der Waals surface area contributed by atoms with E-state index in [1.165, 1.54) is 10.8 Å². The number of thiazole rings is 1. The summed E-state index contributed by atoms with van der Waals surface area (Å²) in [5, 5.41) is 9.98. The van der Waals surface area contributed by atoms with Gasteiger partial charge in [0.25, 0.3) is 5.91 Å². The number of aliphatic hydroxyl groups is 1. The molecule has 0 bridgehead atoms. The first kappa shape index (κ1) is 30.9. The molecular weight excluding hydrogens is 607 g/mol. The molecule has 2 aromatic rings. The lowest BCUT2D eigenvalue weighted by Crippen LogP contribution is -2.43. The van der Waals surface area contributed by atoms with Gasteiger partial charge in [0, 0.05) is 5.56 Å². The van der Waals surface area contributed by atoms with Crippen LogP contribution in [0.3, 0.4) is 0 Å². The Kier molecular flexibility index (Phi) is 9.31. The molecule has 0 radical (unpaired) electrons. The summed E-state index contributed by atoms with van der Waals surface area (Å²) in [5.41, 5.74) is 0.513. The zero-order valence-electron chi connectivity index (χ0n) is 19.4. The summed E-state index contributed by atoms with van der Waals surface area (Å²) >= 11 is 13.3. The van der Waals surface area contributed by atoms with Gasteiger partial charge in [-0.1, -0.05) is 48.5 Å². The second kappa shape index (κ2) is 11.5. The Morgan fingerprint density at radius 3 is 2.32 bits per heavy atom. The summed E-state index contributed by atoms with van der Waals surface area (Å²) in [5.74, 6) is -0.757. The van der Waals surface area contributed by atoms with Crippen molar-refractivity contribution in [1.82, 2.24) is 15.0 Å². The van der Waals surface area contributed by atoms with E-state index >= 15 is 0 Å². The van der Waals surface area contributed by atoms with Crippen LogP contribution in [0.15, 0.2) is 17.0 Å². The topological polar surface area (TPSA) is 108 Å². The minimum absolute atomic E-state index is 0.140. The molecule has 3 N–H and O–H groups in total. The fourth-order valence-electron chi connectivity index (χ4n) is 3.43. The fourth-order valence-corrected chi connectivity index (χ4v) is 6.62. The largest absolute Gasteiger partial charge is 0.416 e. The van der Waals surface area contributed by atoms with Crippen LogP contribution in [0.1, 0.15) is 41.7 Å². The number of nitrogens with zero attached hydrogens (tertiary/aromatic N) is 1. The second-order valence-corrected chi connectivity index (χ2v) is 12.1.